The maximum atomic E-state index is 12.7. The fraction of sp³-hybridized carbons (Fsp3) is 0.820. The Kier molecular flexibility index (Phi) is 50.4. The van der Waals surface area contributed by atoms with E-state index in [2.05, 4.69) is 91.4 Å². The first-order chi connectivity index (χ1) is 35.9. The van der Waals surface area contributed by atoms with Crippen LogP contribution in [-0.4, -0.2) is 126 Å². The van der Waals surface area contributed by atoms with Crippen molar-refractivity contribution in [3.63, 3.8) is 0 Å². The Labute approximate surface area is 447 Å². The van der Waals surface area contributed by atoms with Crippen LogP contribution in [0.25, 0.3) is 0 Å². The Balaban J connectivity index is 2.37. The summed E-state index contributed by atoms with van der Waals surface area (Å²) in [4.78, 5) is 42.1. The fourth-order valence-electron chi connectivity index (χ4n) is 8.54. The summed E-state index contributed by atoms with van der Waals surface area (Å²) in [5, 5.41) is 2.93. The minimum Gasteiger partial charge on any atom is -0.466 e. The maximum absolute atomic E-state index is 12.7. The van der Waals surface area contributed by atoms with E-state index in [-0.39, 0.29) is 30.4 Å². The monoisotopic (exact) mass is 1030 g/mol. The molecule has 1 saturated heterocycles. The molecule has 0 aromatic carbocycles. The highest BCUT2D eigenvalue weighted by Crippen LogP contribution is 2.14. The molecule has 1 rings (SSSR count). The van der Waals surface area contributed by atoms with Gasteiger partial charge in [-0.05, 0) is 161 Å². The van der Waals surface area contributed by atoms with Crippen molar-refractivity contribution in [3.05, 3.63) is 48.6 Å². The van der Waals surface area contributed by atoms with E-state index >= 15 is 0 Å². The molecule has 0 spiro atoms. The van der Waals surface area contributed by atoms with Gasteiger partial charge in [0, 0.05) is 52.4 Å². The molecule has 0 aromatic rings. The average Bonchev–Trinajstić information content (AvgIpc) is 3.39. The zero-order valence-corrected chi connectivity index (χ0v) is 47.5. The third kappa shape index (κ3) is 47.3. The highest BCUT2D eigenvalue weighted by atomic mass is 16.7. The number of esters is 2. The van der Waals surface area contributed by atoms with Crippen molar-refractivity contribution in [2.24, 2.45) is 0 Å². The number of nitrogens with zero attached hydrogens (tertiary/aromatic N) is 2. The molecule has 424 valence electrons. The largest absolute Gasteiger partial charge is 0.466 e. The number of nitrogens with one attached hydrogen (secondary N) is 1. The summed E-state index contributed by atoms with van der Waals surface area (Å²) in [6, 6.07) is 0. The Morgan fingerprint density at radius 1 is 0.479 bits per heavy atom. The molecule has 0 saturated carbocycles. The molecule has 0 aromatic heterocycles. The maximum Gasteiger partial charge on any atom is 0.305 e. The summed E-state index contributed by atoms with van der Waals surface area (Å²) in [6.07, 6.45) is 47.3. The molecule has 0 unspecified atom stereocenters. The molecule has 12 nitrogen and oxygen atoms in total. The van der Waals surface area contributed by atoms with E-state index < -0.39 is 0 Å². The molecule has 0 bridgehead atoms. The number of piperazine rings is 1. The molecule has 0 aliphatic carbocycles. The second-order valence-corrected chi connectivity index (χ2v) is 19.7. The predicted octanol–water partition coefficient (Wildman–Crippen LogP) is 13.9. The number of hydrogen-bond acceptors (Lipinski definition) is 11. The van der Waals surface area contributed by atoms with Crippen LogP contribution in [0.3, 0.4) is 0 Å². The molecule has 0 radical (unpaired) electrons. The van der Waals surface area contributed by atoms with Crippen molar-refractivity contribution in [2.75, 3.05) is 85.5 Å². The van der Waals surface area contributed by atoms with Gasteiger partial charge < -0.3 is 38.6 Å². The molecule has 1 aliphatic rings. The number of carbonyl (C=O) groups excluding carboxylic acids is 3. The predicted molar refractivity (Wildman–Crippen MR) is 302 cm³/mol. The van der Waals surface area contributed by atoms with Crippen LogP contribution in [0.2, 0.25) is 0 Å². The van der Waals surface area contributed by atoms with E-state index in [4.69, 9.17) is 28.4 Å². The van der Waals surface area contributed by atoms with Gasteiger partial charge in [-0.2, -0.15) is 0 Å². The summed E-state index contributed by atoms with van der Waals surface area (Å²) >= 11 is 0. The van der Waals surface area contributed by atoms with Crippen LogP contribution < -0.4 is 5.32 Å². The highest BCUT2D eigenvalue weighted by Gasteiger charge is 2.17. The minimum absolute atomic E-state index is 0.128. The quantitative estimate of drug-likeness (QED) is 0.0271. The van der Waals surface area contributed by atoms with Gasteiger partial charge >= 0.3 is 11.9 Å². The second-order valence-electron chi connectivity index (χ2n) is 19.7. The van der Waals surface area contributed by atoms with Crippen LogP contribution in [0.5, 0.6) is 0 Å². The third-order valence-corrected chi connectivity index (χ3v) is 12.9. The highest BCUT2D eigenvalue weighted by molar-refractivity contribution is 5.78. The minimum atomic E-state index is -0.369. The summed E-state index contributed by atoms with van der Waals surface area (Å²) in [7, 11) is 0. The summed E-state index contributed by atoms with van der Waals surface area (Å²) in [5.74, 6) is -0.211. The average molecular weight is 1030 g/mol. The van der Waals surface area contributed by atoms with Crippen LogP contribution in [0.15, 0.2) is 48.6 Å². The van der Waals surface area contributed by atoms with Crippen molar-refractivity contribution in [3.8, 4) is 0 Å². The number of amides is 1. The molecular formula is C61H111N3O9. The lowest BCUT2D eigenvalue weighted by Gasteiger charge is -2.28. The number of carbonyl (C=O) groups is 3. The molecule has 1 amide bonds. The number of allylic oxidation sites excluding steroid dienone is 8. The molecule has 0 atom stereocenters. The van der Waals surface area contributed by atoms with Gasteiger partial charge in [-0.1, -0.05) is 115 Å². The normalized spacial score (nSPS) is 13.7. The first-order valence-electron chi connectivity index (χ1n) is 30.0. The Hall–Kier alpha value is -2.87. The van der Waals surface area contributed by atoms with Gasteiger partial charge in [-0.3, -0.25) is 19.3 Å². The van der Waals surface area contributed by atoms with Gasteiger partial charge in [0.15, 0.2) is 12.6 Å². The molecule has 1 heterocycles. The van der Waals surface area contributed by atoms with Gasteiger partial charge in [0.25, 0.3) is 0 Å². The fourth-order valence-corrected chi connectivity index (χ4v) is 8.54. The third-order valence-electron chi connectivity index (χ3n) is 12.9. The van der Waals surface area contributed by atoms with E-state index in [1.165, 1.54) is 0 Å². The molecular weight excluding hydrogens is 919 g/mol. The number of unbranched alkanes of at least 4 members (excludes halogenated alkanes) is 16. The Bertz CT molecular complexity index is 1240. The molecule has 1 N–H and O–H groups in total. The van der Waals surface area contributed by atoms with Crippen molar-refractivity contribution in [1.82, 2.24) is 15.1 Å². The molecule has 73 heavy (non-hydrogen) atoms. The number of hydrogen-bond donors (Lipinski definition) is 1. The smallest absolute Gasteiger partial charge is 0.305 e. The second kappa shape index (κ2) is 53.9. The van der Waals surface area contributed by atoms with Gasteiger partial charge in [-0.25, -0.2) is 0 Å². The standard InChI is InChI=1S/C61H111N3O9/c1-5-9-13-17-25-35-52-70-60(71-53-36-26-18-14-10-6-2)42-40-58(66)68-50-33-29-21-23-31-45-63(47-39-48-64-49-44-62-57(65)56-64)46-32-24-22-30-34-51-69-59(67)41-43-61(72-54-37-27-19-15-11-7-3)73-55-38-28-20-16-12-8-4/h9-16,60-61H,5-8,17-56H2,1-4H3,(H,62,65)/b13-9-,14-10-,15-11-,16-12-. The first kappa shape index (κ1) is 68.1. The molecule has 1 fully saturated rings. The SMILES string of the molecule is CC/C=C\CCCCOC(CCC(=O)OCCCCCCCN(CCCCCCCOC(=O)CCC(OCCCC/C=C\CC)OCCCC/C=C\CC)CCCN1CCNC(=O)C1)OCCCC/C=C\CC. The van der Waals surface area contributed by atoms with Gasteiger partial charge in [0.1, 0.15) is 0 Å². The van der Waals surface area contributed by atoms with Gasteiger partial charge in [0.2, 0.25) is 5.91 Å². The van der Waals surface area contributed by atoms with E-state index in [9.17, 15) is 14.4 Å². The van der Waals surface area contributed by atoms with Crippen LogP contribution in [0.4, 0.5) is 0 Å². The Morgan fingerprint density at radius 3 is 1.22 bits per heavy atom. The van der Waals surface area contributed by atoms with Gasteiger partial charge in [0.05, 0.1) is 32.6 Å². The van der Waals surface area contributed by atoms with E-state index in [1.54, 1.807) is 0 Å². The summed E-state index contributed by atoms with van der Waals surface area (Å²) in [5.41, 5.74) is 0. The lowest BCUT2D eigenvalue weighted by Crippen LogP contribution is -2.48. The van der Waals surface area contributed by atoms with Crippen molar-refractivity contribution in [1.29, 1.82) is 0 Å². The zero-order valence-electron chi connectivity index (χ0n) is 47.5. The van der Waals surface area contributed by atoms with E-state index in [1.807, 2.05) is 0 Å². The Morgan fingerprint density at radius 2 is 0.836 bits per heavy atom. The number of ether oxygens (including phenoxy) is 6. The molecule has 1 aliphatic heterocycles. The van der Waals surface area contributed by atoms with Crippen LogP contribution in [0.1, 0.15) is 227 Å². The van der Waals surface area contributed by atoms with Crippen molar-refractivity contribution in [2.45, 2.75) is 239 Å². The van der Waals surface area contributed by atoms with E-state index in [0.717, 1.165) is 213 Å². The summed E-state index contributed by atoms with van der Waals surface area (Å²) in [6.45, 7) is 18.4. The van der Waals surface area contributed by atoms with Crippen molar-refractivity contribution < 1.29 is 42.8 Å². The lowest BCUT2D eigenvalue weighted by molar-refractivity contribution is -0.159. The van der Waals surface area contributed by atoms with Crippen LogP contribution >= 0.6 is 0 Å². The van der Waals surface area contributed by atoms with Crippen LogP contribution in [-0.2, 0) is 42.8 Å². The summed E-state index contributed by atoms with van der Waals surface area (Å²) < 4.78 is 35.6. The lowest BCUT2D eigenvalue weighted by atomic mass is 10.1. The van der Waals surface area contributed by atoms with Crippen LogP contribution in [0, 0.1) is 0 Å². The van der Waals surface area contributed by atoms with E-state index in [0.29, 0.717) is 71.9 Å². The van der Waals surface area contributed by atoms with Gasteiger partial charge in [-0.15, -0.1) is 0 Å². The topological polar surface area (TPSA) is 125 Å². The molecule has 12 heteroatoms. The zero-order chi connectivity index (χ0) is 52.8. The number of rotatable bonds is 54. The first-order valence-corrected chi connectivity index (χ1v) is 30.0. The van der Waals surface area contributed by atoms with Crippen molar-refractivity contribution >= 4 is 17.8 Å².